The summed E-state index contributed by atoms with van der Waals surface area (Å²) in [6.07, 6.45) is -0.478. The molecule has 0 unspecified atom stereocenters. The van der Waals surface area contributed by atoms with Gasteiger partial charge in [-0.15, -0.1) is 11.3 Å². The SMILES string of the molecule is COC(=O)N/N=C(\CCC(=O)O)c1cccs1. The standard InChI is InChI=1S/C10H12N2O4S/c1-16-10(15)12-11-7(4-5-9(13)14)8-3-2-6-17-8/h2-3,6H,4-5H2,1H3,(H,12,15)(H,13,14)/b11-7+. The predicted octanol–water partition coefficient (Wildman–Crippen LogP) is 1.67. The van der Waals surface area contributed by atoms with Gasteiger partial charge in [0, 0.05) is 6.42 Å². The Balaban J connectivity index is 2.72. The van der Waals surface area contributed by atoms with Crippen LogP contribution in [0, 0.1) is 0 Å². The Labute approximate surface area is 102 Å². The lowest BCUT2D eigenvalue weighted by Crippen LogP contribution is -2.19. The number of nitrogens with one attached hydrogen (secondary N) is 1. The second kappa shape index (κ2) is 6.64. The largest absolute Gasteiger partial charge is 0.481 e. The fourth-order valence-corrected chi connectivity index (χ4v) is 1.81. The molecule has 0 saturated carbocycles. The molecule has 0 radical (unpaired) electrons. The number of hydrazone groups is 1. The zero-order valence-electron chi connectivity index (χ0n) is 9.17. The molecule has 1 heterocycles. The summed E-state index contributed by atoms with van der Waals surface area (Å²) in [6.45, 7) is 0. The maximum atomic E-state index is 10.9. The lowest BCUT2D eigenvalue weighted by atomic mass is 10.2. The fraction of sp³-hybridized carbons (Fsp3) is 0.300. The van der Waals surface area contributed by atoms with Crippen LogP contribution in [0.15, 0.2) is 22.6 Å². The summed E-state index contributed by atoms with van der Waals surface area (Å²) in [5, 5.41) is 14.3. The third kappa shape index (κ3) is 4.64. The number of ether oxygens (including phenoxy) is 1. The molecule has 0 fully saturated rings. The van der Waals surface area contributed by atoms with Crippen molar-refractivity contribution in [1.29, 1.82) is 0 Å². The van der Waals surface area contributed by atoms with Crippen LogP contribution in [0.5, 0.6) is 0 Å². The number of methoxy groups -OCH3 is 1. The Kier molecular flexibility index (Phi) is 5.15. The maximum absolute atomic E-state index is 10.9. The molecule has 0 aliphatic carbocycles. The van der Waals surface area contributed by atoms with E-state index in [4.69, 9.17) is 5.11 Å². The highest BCUT2D eigenvalue weighted by atomic mass is 32.1. The van der Waals surface area contributed by atoms with Crippen LogP contribution in [0.25, 0.3) is 0 Å². The number of hydrogen-bond acceptors (Lipinski definition) is 5. The van der Waals surface area contributed by atoms with E-state index in [2.05, 4.69) is 15.3 Å². The Morgan fingerprint density at radius 3 is 2.82 bits per heavy atom. The van der Waals surface area contributed by atoms with Crippen LogP contribution in [-0.4, -0.2) is 30.0 Å². The van der Waals surface area contributed by atoms with Crippen LogP contribution < -0.4 is 5.43 Å². The Morgan fingerprint density at radius 1 is 1.53 bits per heavy atom. The first-order valence-corrected chi connectivity index (χ1v) is 5.67. The third-order valence-corrected chi connectivity index (χ3v) is 2.77. The summed E-state index contributed by atoms with van der Waals surface area (Å²) in [4.78, 5) is 22.2. The number of carbonyl (C=O) groups is 2. The van der Waals surface area contributed by atoms with Crippen LogP contribution in [0.3, 0.4) is 0 Å². The highest BCUT2D eigenvalue weighted by molar-refractivity contribution is 7.12. The summed E-state index contributed by atoms with van der Waals surface area (Å²) < 4.78 is 4.37. The summed E-state index contributed by atoms with van der Waals surface area (Å²) >= 11 is 1.43. The van der Waals surface area contributed by atoms with Gasteiger partial charge < -0.3 is 9.84 Å². The molecule has 92 valence electrons. The van der Waals surface area contributed by atoms with E-state index in [1.54, 1.807) is 0 Å². The minimum Gasteiger partial charge on any atom is -0.481 e. The monoisotopic (exact) mass is 256 g/mol. The van der Waals surface area contributed by atoms with E-state index in [9.17, 15) is 9.59 Å². The number of rotatable bonds is 5. The minimum atomic E-state index is -0.910. The van der Waals surface area contributed by atoms with Crippen LogP contribution >= 0.6 is 11.3 Å². The van der Waals surface area contributed by atoms with Crippen molar-refractivity contribution >= 4 is 29.1 Å². The van der Waals surface area contributed by atoms with E-state index in [1.165, 1.54) is 18.4 Å². The molecule has 7 heteroatoms. The molecule has 2 N–H and O–H groups in total. The van der Waals surface area contributed by atoms with Gasteiger partial charge in [-0.25, -0.2) is 10.2 Å². The molecule has 0 atom stereocenters. The topological polar surface area (TPSA) is 88.0 Å². The van der Waals surface area contributed by atoms with Crippen molar-refractivity contribution in [3.05, 3.63) is 22.4 Å². The number of aliphatic carboxylic acids is 1. The summed E-state index contributed by atoms with van der Waals surface area (Å²) in [7, 11) is 1.23. The van der Waals surface area contributed by atoms with Gasteiger partial charge in [-0.3, -0.25) is 4.79 Å². The number of nitrogens with zero attached hydrogens (tertiary/aromatic N) is 1. The maximum Gasteiger partial charge on any atom is 0.427 e. The van der Waals surface area contributed by atoms with E-state index in [1.807, 2.05) is 17.5 Å². The van der Waals surface area contributed by atoms with E-state index in [0.717, 1.165) is 4.88 Å². The fourth-order valence-electron chi connectivity index (χ4n) is 1.06. The highest BCUT2D eigenvalue weighted by Gasteiger charge is 2.08. The molecule has 0 aromatic carbocycles. The molecular formula is C10H12N2O4S. The van der Waals surface area contributed by atoms with E-state index in [0.29, 0.717) is 5.71 Å². The van der Waals surface area contributed by atoms with Gasteiger partial charge >= 0.3 is 12.1 Å². The first kappa shape index (κ1) is 13.2. The number of hydrogen-bond donors (Lipinski definition) is 2. The number of amides is 1. The molecule has 1 aromatic heterocycles. The summed E-state index contributed by atoms with van der Waals surface area (Å²) in [5.74, 6) is -0.910. The lowest BCUT2D eigenvalue weighted by Gasteiger charge is -2.03. The van der Waals surface area contributed by atoms with Gasteiger partial charge in [0.2, 0.25) is 0 Å². The summed E-state index contributed by atoms with van der Waals surface area (Å²) in [5.41, 5.74) is 2.71. The van der Waals surface area contributed by atoms with E-state index < -0.39 is 12.1 Å². The zero-order chi connectivity index (χ0) is 12.7. The molecule has 0 aliphatic rings. The average molecular weight is 256 g/mol. The van der Waals surface area contributed by atoms with Crippen molar-refractivity contribution in [2.24, 2.45) is 5.10 Å². The molecule has 1 aromatic rings. The molecule has 6 nitrogen and oxygen atoms in total. The molecule has 0 saturated heterocycles. The number of thiophene rings is 1. The van der Waals surface area contributed by atoms with E-state index in [-0.39, 0.29) is 12.8 Å². The zero-order valence-corrected chi connectivity index (χ0v) is 9.99. The van der Waals surface area contributed by atoms with Gasteiger partial charge in [0.1, 0.15) is 0 Å². The highest BCUT2D eigenvalue weighted by Crippen LogP contribution is 2.13. The van der Waals surface area contributed by atoms with E-state index >= 15 is 0 Å². The van der Waals surface area contributed by atoms with Gasteiger partial charge in [0.25, 0.3) is 0 Å². The molecule has 0 spiro atoms. The third-order valence-electron chi connectivity index (χ3n) is 1.85. The van der Waals surface area contributed by atoms with Crippen molar-refractivity contribution in [3.8, 4) is 0 Å². The number of carbonyl (C=O) groups excluding carboxylic acids is 1. The first-order chi connectivity index (χ1) is 8.13. The number of carboxylic acid groups (broad SMARTS) is 1. The molecular weight excluding hydrogens is 244 g/mol. The Morgan fingerprint density at radius 2 is 2.29 bits per heavy atom. The molecule has 0 aliphatic heterocycles. The minimum absolute atomic E-state index is 0.0421. The van der Waals surface area contributed by atoms with Crippen LogP contribution in [0.4, 0.5) is 4.79 Å². The van der Waals surface area contributed by atoms with Crippen molar-refractivity contribution < 1.29 is 19.4 Å². The van der Waals surface area contributed by atoms with Crippen LogP contribution in [0.1, 0.15) is 17.7 Å². The van der Waals surface area contributed by atoms with Gasteiger partial charge in [-0.1, -0.05) is 6.07 Å². The van der Waals surface area contributed by atoms with Gasteiger partial charge in [-0.2, -0.15) is 5.10 Å². The quantitative estimate of drug-likeness (QED) is 0.619. The van der Waals surface area contributed by atoms with Crippen molar-refractivity contribution in [1.82, 2.24) is 5.43 Å². The van der Waals surface area contributed by atoms with Gasteiger partial charge in [0.15, 0.2) is 0 Å². The second-order valence-corrected chi connectivity index (χ2v) is 3.98. The van der Waals surface area contributed by atoms with Gasteiger partial charge in [0.05, 0.1) is 24.1 Å². The van der Waals surface area contributed by atoms with Crippen LogP contribution in [0.2, 0.25) is 0 Å². The predicted molar refractivity (Wildman–Crippen MR) is 63.3 cm³/mol. The van der Waals surface area contributed by atoms with Gasteiger partial charge in [-0.05, 0) is 11.4 Å². The first-order valence-electron chi connectivity index (χ1n) is 4.79. The normalized spacial score (nSPS) is 11.0. The second-order valence-electron chi connectivity index (χ2n) is 3.03. The molecule has 1 rings (SSSR count). The number of carboxylic acids is 1. The molecule has 1 amide bonds. The average Bonchev–Trinajstić information content (AvgIpc) is 2.81. The summed E-state index contributed by atoms with van der Waals surface area (Å²) in [6, 6.07) is 3.64. The van der Waals surface area contributed by atoms with Crippen LogP contribution in [-0.2, 0) is 9.53 Å². The van der Waals surface area contributed by atoms with Crippen molar-refractivity contribution in [3.63, 3.8) is 0 Å². The molecule has 0 bridgehead atoms. The lowest BCUT2D eigenvalue weighted by molar-refractivity contribution is -0.136. The molecule has 17 heavy (non-hydrogen) atoms. The smallest absolute Gasteiger partial charge is 0.427 e. The van der Waals surface area contributed by atoms with Crippen molar-refractivity contribution in [2.45, 2.75) is 12.8 Å². The Hall–Kier alpha value is -1.89. The van der Waals surface area contributed by atoms with Crippen molar-refractivity contribution in [2.75, 3.05) is 7.11 Å². The Bertz CT molecular complexity index is 414.